The molecule has 0 bridgehead atoms. The number of aliphatic carboxylic acids is 1. The first-order valence-electron chi connectivity index (χ1n) is 4.35. The minimum absolute atomic E-state index is 0.0931. The number of carbonyl (C=O) groups is 1. The lowest BCUT2D eigenvalue weighted by molar-refractivity contribution is -0.136. The molecule has 0 spiro atoms. The third kappa shape index (κ3) is 2.83. The van der Waals surface area contributed by atoms with Gasteiger partial charge in [-0.25, -0.2) is 4.39 Å². The highest BCUT2D eigenvalue weighted by Crippen LogP contribution is 2.25. The van der Waals surface area contributed by atoms with E-state index >= 15 is 0 Å². The Morgan fingerprint density at radius 2 is 2.33 bits per heavy atom. The van der Waals surface area contributed by atoms with Crippen molar-refractivity contribution in [2.45, 2.75) is 12.3 Å². The number of alkyl halides is 1. The predicted octanol–water partition coefficient (Wildman–Crippen LogP) is 2.59. The van der Waals surface area contributed by atoms with Gasteiger partial charge in [-0.15, -0.1) is 11.6 Å². The Bertz CT molecular complexity index is 368. The summed E-state index contributed by atoms with van der Waals surface area (Å²) in [5.41, 5.74) is 0.199. The molecule has 82 valence electrons. The van der Waals surface area contributed by atoms with Crippen molar-refractivity contribution in [3.05, 3.63) is 29.6 Å². The molecule has 0 aliphatic rings. The summed E-state index contributed by atoms with van der Waals surface area (Å²) in [6.45, 7) is 2.08. The van der Waals surface area contributed by atoms with E-state index in [9.17, 15) is 9.18 Å². The molecule has 1 unspecified atom stereocenters. The minimum atomic E-state index is -1.24. The van der Waals surface area contributed by atoms with E-state index < -0.39 is 17.2 Å². The Kier molecular flexibility index (Phi) is 3.91. The molecule has 1 atom stereocenters. The standard InChI is InChI=1S/C10H10ClFO3/c1-2-15-8-4-3-6(5-7(8)12)9(11)10(13)14/h3-5,9H,2H2,1H3,(H,13,14). The summed E-state index contributed by atoms with van der Waals surface area (Å²) < 4.78 is 18.3. The van der Waals surface area contributed by atoms with Gasteiger partial charge in [0.05, 0.1) is 6.61 Å². The zero-order chi connectivity index (χ0) is 11.4. The highest BCUT2D eigenvalue weighted by atomic mass is 35.5. The summed E-state index contributed by atoms with van der Waals surface area (Å²) in [6.07, 6.45) is 0. The van der Waals surface area contributed by atoms with E-state index in [1.807, 2.05) is 0 Å². The Balaban J connectivity index is 2.95. The second kappa shape index (κ2) is 4.98. The first-order valence-corrected chi connectivity index (χ1v) is 4.79. The molecule has 0 amide bonds. The molecule has 0 fully saturated rings. The second-order valence-corrected chi connectivity index (χ2v) is 3.26. The van der Waals surface area contributed by atoms with Gasteiger partial charge >= 0.3 is 5.97 Å². The maximum absolute atomic E-state index is 13.3. The molecule has 0 radical (unpaired) electrons. The molecule has 5 heteroatoms. The molecule has 0 heterocycles. The monoisotopic (exact) mass is 232 g/mol. The van der Waals surface area contributed by atoms with Crippen LogP contribution in [0.1, 0.15) is 17.9 Å². The van der Waals surface area contributed by atoms with Gasteiger partial charge in [0.1, 0.15) is 0 Å². The molecule has 3 nitrogen and oxygen atoms in total. The largest absolute Gasteiger partial charge is 0.491 e. The summed E-state index contributed by atoms with van der Waals surface area (Å²) in [5.74, 6) is -1.73. The van der Waals surface area contributed by atoms with Gasteiger partial charge < -0.3 is 9.84 Å². The fraction of sp³-hybridized carbons (Fsp3) is 0.300. The minimum Gasteiger partial charge on any atom is -0.491 e. The molecule has 1 rings (SSSR count). The van der Waals surface area contributed by atoms with Gasteiger partial charge in [0, 0.05) is 0 Å². The Morgan fingerprint density at radius 1 is 1.67 bits per heavy atom. The first kappa shape index (κ1) is 11.8. The highest BCUT2D eigenvalue weighted by Gasteiger charge is 2.17. The maximum atomic E-state index is 13.3. The number of halogens is 2. The SMILES string of the molecule is CCOc1ccc(C(Cl)C(=O)O)cc1F. The van der Waals surface area contributed by atoms with Crippen molar-refractivity contribution in [2.75, 3.05) is 6.61 Å². The van der Waals surface area contributed by atoms with Crippen LogP contribution in [-0.2, 0) is 4.79 Å². The lowest BCUT2D eigenvalue weighted by atomic mass is 10.1. The zero-order valence-electron chi connectivity index (χ0n) is 8.04. The normalized spacial score (nSPS) is 12.2. The Hall–Kier alpha value is -1.29. The van der Waals surface area contributed by atoms with Crippen molar-refractivity contribution >= 4 is 17.6 Å². The number of hydrogen-bond donors (Lipinski definition) is 1. The van der Waals surface area contributed by atoms with E-state index in [-0.39, 0.29) is 11.3 Å². The van der Waals surface area contributed by atoms with E-state index in [4.69, 9.17) is 21.4 Å². The Labute approximate surface area is 91.4 Å². The average Bonchev–Trinajstić information content (AvgIpc) is 2.20. The van der Waals surface area contributed by atoms with Crippen LogP contribution in [0.15, 0.2) is 18.2 Å². The molecule has 0 saturated heterocycles. The number of hydrogen-bond acceptors (Lipinski definition) is 2. The van der Waals surface area contributed by atoms with E-state index in [2.05, 4.69) is 0 Å². The van der Waals surface area contributed by atoms with Gasteiger partial charge in [0.2, 0.25) is 0 Å². The predicted molar refractivity (Wildman–Crippen MR) is 53.8 cm³/mol. The summed E-state index contributed by atoms with van der Waals surface area (Å²) >= 11 is 5.54. The molecule has 0 aliphatic heterocycles. The fourth-order valence-electron chi connectivity index (χ4n) is 1.09. The van der Waals surface area contributed by atoms with Crippen LogP contribution in [0, 0.1) is 5.82 Å². The molecule has 1 aromatic rings. The first-order chi connectivity index (χ1) is 7.06. The quantitative estimate of drug-likeness (QED) is 0.812. The van der Waals surface area contributed by atoms with Crippen molar-refractivity contribution in [1.82, 2.24) is 0 Å². The van der Waals surface area contributed by atoms with E-state index in [1.54, 1.807) is 6.92 Å². The van der Waals surface area contributed by atoms with Gasteiger partial charge in [-0.1, -0.05) is 6.07 Å². The van der Waals surface area contributed by atoms with Crippen molar-refractivity contribution in [3.63, 3.8) is 0 Å². The van der Waals surface area contributed by atoms with Crippen LogP contribution in [0.2, 0.25) is 0 Å². The van der Waals surface area contributed by atoms with Gasteiger partial charge in [0.15, 0.2) is 16.9 Å². The lowest BCUT2D eigenvalue weighted by Crippen LogP contribution is -2.05. The van der Waals surface area contributed by atoms with Crippen LogP contribution in [0.3, 0.4) is 0 Å². The van der Waals surface area contributed by atoms with Crippen LogP contribution < -0.4 is 4.74 Å². The van der Waals surface area contributed by atoms with Crippen molar-refractivity contribution < 1.29 is 19.0 Å². The van der Waals surface area contributed by atoms with Crippen molar-refractivity contribution in [1.29, 1.82) is 0 Å². The van der Waals surface area contributed by atoms with E-state index in [1.165, 1.54) is 12.1 Å². The molecular formula is C10H10ClFO3. The van der Waals surface area contributed by atoms with Crippen LogP contribution in [0.25, 0.3) is 0 Å². The van der Waals surface area contributed by atoms with Crippen molar-refractivity contribution in [3.8, 4) is 5.75 Å². The number of benzene rings is 1. The number of ether oxygens (including phenoxy) is 1. The highest BCUT2D eigenvalue weighted by molar-refractivity contribution is 6.29. The fourth-order valence-corrected chi connectivity index (χ4v) is 1.23. The third-order valence-corrected chi connectivity index (χ3v) is 2.20. The van der Waals surface area contributed by atoms with Crippen LogP contribution in [0.4, 0.5) is 4.39 Å². The van der Waals surface area contributed by atoms with Crippen LogP contribution in [0.5, 0.6) is 5.75 Å². The van der Waals surface area contributed by atoms with Crippen molar-refractivity contribution in [2.24, 2.45) is 0 Å². The number of carboxylic acids is 1. The molecule has 15 heavy (non-hydrogen) atoms. The van der Waals surface area contributed by atoms with Crippen LogP contribution in [-0.4, -0.2) is 17.7 Å². The van der Waals surface area contributed by atoms with E-state index in [0.717, 1.165) is 6.07 Å². The maximum Gasteiger partial charge on any atom is 0.326 e. The molecule has 1 aromatic carbocycles. The lowest BCUT2D eigenvalue weighted by Gasteiger charge is -2.08. The average molecular weight is 233 g/mol. The molecule has 1 N–H and O–H groups in total. The number of carboxylic acid groups (broad SMARTS) is 1. The van der Waals surface area contributed by atoms with E-state index in [0.29, 0.717) is 6.61 Å². The topological polar surface area (TPSA) is 46.5 Å². The third-order valence-electron chi connectivity index (χ3n) is 1.77. The van der Waals surface area contributed by atoms with Crippen LogP contribution >= 0.6 is 11.6 Å². The second-order valence-electron chi connectivity index (χ2n) is 2.82. The summed E-state index contributed by atoms with van der Waals surface area (Å²) in [7, 11) is 0. The zero-order valence-corrected chi connectivity index (χ0v) is 8.79. The summed E-state index contributed by atoms with van der Waals surface area (Å²) in [6, 6.07) is 3.86. The summed E-state index contributed by atoms with van der Waals surface area (Å²) in [5, 5.41) is 7.37. The number of rotatable bonds is 4. The molecule has 0 saturated carbocycles. The smallest absolute Gasteiger partial charge is 0.326 e. The molecule has 0 aromatic heterocycles. The molecule has 0 aliphatic carbocycles. The Morgan fingerprint density at radius 3 is 2.80 bits per heavy atom. The van der Waals surface area contributed by atoms with Gasteiger partial charge in [-0.3, -0.25) is 4.79 Å². The summed E-state index contributed by atoms with van der Waals surface area (Å²) in [4.78, 5) is 10.5. The van der Waals surface area contributed by atoms with Gasteiger partial charge in [-0.05, 0) is 24.6 Å². The van der Waals surface area contributed by atoms with Gasteiger partial charge in [-0.2, -0.15) is 0 Å². The molecular weight excluding hydrogens is 223 g/mol. The van der Waals surface area contributed by atoms with Gasteiger partial charge in [0.25, 0.3) is 0 Å².